The molecule has 1 N–H and O–H groups in total. The number of carbonyl (C=O) groups excluding carboxylic acids is 1. The molecule has 1 aromatic carbocycles. The number of hydrogen-bond acceptors (Lipinski definition) is 4. The molecule has 1 amide bonds. The summed E-state index contributed by atoms with van der Waals surface area (Å²) in [5.41, 5.74) is 1.22. The van der Waals surface area contributed by atoms with Crippen molar-refractivity contribution in [3.05, 3.63) is 59.1 Å². The number of ether oxygens (including phenoxy) is 2. The molecule has 1 aliphatic rings. The Morgan fingerprint density at radius 3 is 3.00 bits per heavy atom. The molecule has 0 saturated carbocycles. The van der Waals surface area contributed by atoms with E-state index in [1.165, 1.54) is 18.5 Å². The Balaban J connectivity index is 1.66. The number of hydrogen-bond donors (Lipinski definition) is 1. The highest BCUT2D eigenvalue weighted by molar-refractivity contribution is 5.93. The first kappa shape index (κ1) is 12.3. The molecule has 0 aliphatic carbocycles. The summed E-state index contributed by atoms with van der Waals surface area (Å²) >= 11 is 0. The second kappa shape index (κ2) is 5.08. The molecule has 0 atom stereocenters. The minimum Gasteiger partial charge on any atom is -0.619 e. The zero-order valence-electron chi connectivity index (χ0n) is 10.5. The molecule has 1 aliphatic heterocycles. The van der Waals surface area contributed by atoms with E-state index in [1.807, 2.05) is 12.1 Å². The predicted molar refractivity (Wildman–Crippen MR) is 69.1 cm³/mol. The first-order valence-electron chi connectivity index (χ1n) is 6.08. The second-order valence-electron chi connectivity index (χ2n) is 4.32. The Morgan fingerprint density at radius 2 is 2.15 bits per heavy atom. The van der Waals surface area contributed by atoms with Crippen LogP contribution in [0.2, 0.25) is 0 Å². The third-order valence-electron chi connectivity index (χ3n) is 2.93. The van der Waals surface area contributed by atoms with Gasteiger partial charge in [-0.25, -0.2) is 0 Å². The normalized spacial score (nSPS) is 12.2. The van der Waals surface area contributed by atoms with Gasteiger partial charge in [-0.05, 0) is 23.8 Å². The molecule has 0 saturated heterocycles. The van der Waals surface area contributed by atoms with Gasteiger partial charge in [-0.2, -0.15) is 4.73 Å². The lowest BCUT2D eigenvalue weighted by Gasteiger charge is -2.06. The molecule has 0 bridgehead atoms. The fraction of sp³-hybridized carbons (Fsp3) is 0.143. The Bertz CT molecular complexity index is 657. The molecule has 20 heavy (non-hydrogen) atoms. The largest absolute Gasteiger partial charge is 0.619 e. The Kier molecular flexibility index (Phi) is 3.12. The van der Waals surface area contributed by atoms with Gasteiger partial charge in [-0.3, -0.25) is 4.79 Å². The van der Waals surface area contributed by atoms with Gasteiger partial charge in [0.1, 0.15) is 5.56 Å². The number of benzene rings is 1. The first-order chi connectivity index (χ1) is 9.72. The van der Waals surface area contributed by atoms with Crippen LogP contribution in [0.25, 0.3) is 0 Å². The summed E-state index contributed by atoms with van der Waals surface area (Å²) in [6.07, 6.45) is 2.56. The van der Waals surface area contributed by atoms with Gasteiger partial charge in [0.2, 0.25) is 6.79 Å². The van der Waals surface area contributed by atoms with Crippen LogP contribution in [0.3, 0.4) is 0 Å². The molecule has 0 fully saturated rings. The Morgan fingerprint density at radius 1 is 1.30 bits per heavy atom. The van der Waals surface area contributed by atoms with Gasteiger partial charge in [-0.15, -0.1) is 0 Å². The minimum absolute atomic E-state index is 0.221. The van der Waals surface area contributed by atoms with Gasteiger partial charge in [0.05, 0.1) is 0 Å². The van der Waals surface area contributed by atoms with Crippen molar-refractivity contribution in [2.24, 2.45) is 0 Å². The van der Waals surface area contributed by atoms with Gasteiger partial charge in [0, 0.05) is 12.6 Å². The highest BCUT2D eigenvalue weighted by atomic mass is 16.7. The van der Waals surface area contributed by atoms with Gasteiger partial charge >= 0.3 is 0 Å². The lowest BCUT2D eigenvalue weighted by Crippen LogP contribution is -2.29. The number of fused-ring (bicyclic) bond motifs is 1. The van der Waals surface area contributed by atoms with Crippen LogP contribution in [0, 0.1) is 5.21 Å². The summed E-state index contributed by atoms with van der Waals surface area (Å²) in [7, 11) is 0. The average Bonchev–Trinajstić information content (AvgIpc) is 2.92. The standard InChI is InChI=1S/C14H12N2O4/c17-14(11-2-1-5-16(18)8-11)15-7-10-3-4-12-13(6-10)20-9-19-12/h1-6,8H,7,9H2,(H,15,17). The first-order valence-corrected chi connectivity index (χ1v) is 6.08. The lowest BCUT2D eigenvalue weighted by molar-refractivity contribution is -0.605. The lowest BCUT2D eigenvalue weighted by atomic mass is 10.2. The zero-order chi connectivity index (χ0) is 13.9. The number of nitrogens with one attached hydrogen (secondary N) is 1. The molecule has 102 valence electrons. The second-order valence-corrected chi connectivity index (χ2v) is 4.32. The number of nitrogens with zero attached hydrogens (tertiary/aromatic N) is 1. The van der Waals surface area contributed by atoms with Crippen molar-refractivity contribution < 1.29 is 19.0 Å². The molecule has 1 aromatic heterocycles. The highest BCUT2D eigenvalue weighted by Crippen LogP contribution is 2.32. The van der Waals surface area contributed by atoms with Crippen molar-refractivity contribution in [1.82, 2.24) is 5.32 Å². The van der Waals surface area contributed by atoms with Gasteiger partial charge in [0.25, 0.3) is 5.91 Å². The topological polar surface area (TPSA) is 74.5 Å². The molecule has 0 spiro atoms. The van der Waals surface area contributed by atoms with E-state index >= 15 is 0 Å². The van der Waals surface area contributed by atoms with Crippen molar-refractivity contribution in [3.63, 3.8) is 0 Å². The Hall–Kier alpha value is -2.76. The van der Waals surface area contributed by atoms with Gasteiger partial charge < -0.3 is 20.0 Å². The fourth-order valence-corrected chi connectivity index (χ4v) is 1.92. The van der Waals surface area contributed by atoms with E-state index < -0.39 is 0 Å². The number of carbonyl (C=O) groups is 1. The molecule has 2 aromatic rings. The van der Waals surface area contributed by atoms with E-state index in [-0.39, 0.29) is 12.7 Å². The number of aromatic nitrogens is 1. The summed E-state index contributed by atoms with van der Waals surface area (Å²) in [5.74, 6) is 1.08. The Labute approximate surface area is 115 Å². The van der Waals surface area contributed by atoms with Crippen LogP contribution in [0.4, 0.5) is 0 Å². The molecule has 0 unspecified atom stereocenters. The summed E-state index contributed by atoms with van der Waals surface area (Å²) < 4.78 is 11.1. The SMILES string of the molecule is O=C(NCc1ccc2c(c1)OCO2)c1ccc[n+]([O-])c1. The third kappa shape index (κ3) is 2.49. The van der Waals surface area contributed by atoms with Crippen molar-refractivity contribution in [1.29, 1.82) is 0 Å². The van der Waals surface area contributed by atoms with E-state index in [4.69, 9.17) is 9.47 Å². The molecule has 2 heterocycles. The van der Waals surface area contributed by atoms with Gasteiger partial charge in [-0.1, -0.05) is 6.07 Å². The summed E-state index contributed by atoms with van der Waals surface area (Å²) in [4.78, 5) is 11.9. The molecule has 6 nitrogen and oxygen atoms in total. The molecule has 6 heteroatoms. The van der Waals surface area contributed by atoms with E-state index in [0.29, 0.717) is 28.3 Å². The van der Waals surface area contributed by atoms with E-state index in [0.717, 1.165) is 5.56 Å². The smallest absolute Gasteiger partial charge is 0.257 e. The number of rotatable bonds is 3. The van der Waals surface area contributed by atoms with Crippen LogP contribution in [-0.4, -0.2) is 12.7 Å². The molecule has 3 rings (SSSR count). The predicted octanol–water partition coefficient (Wildman–Crippen LogP) is 0.979. The maximum atomic E-state index is 11.9. The van der Waals surface area contributed by atoms with Crippen molar-refractivity contribution in [2.45, 2.75) is 6.54 Å². The molecular weight excluding hydrogens is 260 g/mol. The quantitative estimate of drug-likeness (QED) is 0.667. The summed E-state index contributed by atoms with van der Waals surface area (Å²) in [6.45, 7) is 0.571. The molecule has 0 radical (unpaired) electrons. The fourth-order valence-electron chi connectivity index (χ4n) is 1.92. The van der Waals surface area contributed by atoms with E-state index in [9.17, 15) is 10.0 Å². The monoisotopic (exact) mass is 272 g/mol. The van der Waals surface area contributed by atoms with Crippen LogP contribution in [0.5, 0.6) is 11.5 Å². The summed E-state index contributed by atoms with van der Waals surface area (Å²) in [5, 5.41) is 13.8. The number of amides is 1. The third-order valence-corrected chi connectivity index (χ3v) is 2.93. The van der Waals surface area contributed by atoms with Crippen LogP contribution < -0.4 is 19.5 Å². The maximum absolute atomic E-state index is 11.9. The van der Waals surface area contributed by atoms with Crippen LogP contribution in [0.1, 0.15) is 15.9 Å². The average molecular weight is 272 g/mol. The van der Waals surface area contributed by atoms with Crippen molar-refractivity contribution >= 4 is 5.91 Å². The van der Waals surface area contributed by atoms with E-state index in [1.54, 1.807) is 12.1 Å². The highest BCUT2D eigenvalue weighted by Gasteiger charge is 2.14. The zero-order valence-corrected chi connectivity index (χ0v) is 10.5. The van der Waals surface area contributed by atoms with Crippen molar-refractivity contribution in [3.8, 4) is 11.5 Å². The minimum atomic E-state index is -0.298. The van der Waals surface area contributed by atoms with Crippen LogP contribution in [0.15, 0.2) is 42.7 Å². The van der Waals surface area contributed by atoms with Crippen LogP contribution >= 0.6 is 0 Å². The molecular formula is C14H12N2O4. The number of pyridine rings is 1. The summed E-state index contributed by atoms with van der Waals surface area (Å²) in [6, 6.07) is 8.59. The van der Waals surface area contributed by atoms with Crippen LogP contribution in [-0.2, 0) is 6.54 Å². The van der Waals surface area contributed by atoms with Gasteiger partial charge in [0.15, 0.2) is 23.9 Å². The maximum Gasteiger partial charge on any atom is 0.257 e. The van der Waals surface area contributed by atoms with E-state index in [2.05, 4.69) is 5.32 Å². The van der Waals surface area contributed by atoms with Crippen molar-refractivity contribution in [2.75, 3.05) is 6.79 Å².